The summed E-state index contributed by atoms with van der Waals surface area (Å²) in [4.78, 5) is 13.6. The minimum atomic E-state index is -3.89. The molecule has 0 aromatic heterocycles. The number of hydrazone groups is 1. The van der Waals surface area contributed by atoms with Gasteiger partial charge in [0.05, 0.1) is 28.8 Å². The van der Waals surface area contributed by atoms with Crippen LogP contribution in [0.5, 0.6) is 0 Å². The summed E-state index contributed by atoms with van der Waals surface area (Å²) in [6.07, 6.45) is 0. The number of nitriles is 1. The zero-order valence-corrected chi connectivity index (χ0v) is 11.3. The van der Waals surface area contributed by atoms with Gasteiger partial charge in [0.1, 0.15) is 0 Å². The summed E-state index contributed by atoms with van der Waals surface area (Å²) in [5.74, 6) is 0. The van der Waals surface area contributed by atoms with Crippen LogP contribution in [0.3, 0.4) is 0 Å². The second kappa shape index (κ2) is 5.28. The number of nitrogens with one attached hydrogen (secondary N) is 2. The maximum absolute atomic E-state index is 12.1. The number of rotatable bonds is 3. The van der Waals surface area contributed by atoms with E-state index in [0.29, 0.717) is 11.3 Å². The Balaban J connectivity index is 2.21. The van der Waals surface area contributed by atoms with E-state index in [1.54, 1.807) is 6.92 Å². The van der Waals surface area contributed by atoms with Crippen molar-refractivity contribution in [2.45, 2.75) is 11.8 Å². The van der Waals surface area contributed by atoms with Crippen LogP contribution in [-0.2, 0) is 10.0 Å². The molecule has 0 atom stereocenters. The van der Waals surface area contributed by atoms with Crippen molar-refractivity contribution in [2.24, 2.45) is 5.10 Å². The average molecular weight is 293 g/mol. The van der Waals surface area contributed by atoms with Gasteiger partial charge in [-0.25, -0.2) is 23.6 Å². The molecule has 8 nitrogen and oxygen atoms in total. The summed E-state index contributed by atoms with van der Waals surface area (Å²) in [6, 6.07) is 6.60. The molecular weight excluding hydrogens is 282 g/mol. The van der Waals surface area contributed by atoms with Gasteiger partial charge in [0.15, 0.2) is 0 Å². The molecule has 0 fully saturated rings. The molecule has 0 saturated carbocycles. The molecule has 9 heteroatoms. The molecule has 1 heterocycles. The molecule has 0 radical (unpaired) electrons. The third-order valence-electron chi connectivity index (χ3n) is 2.50. The van der Waals surface area contributed by atoms with Gasteiger partial charge in [-0.15, -0.1) is 4.83 Å². The van der Waals surface area contributed by atoms with Gasteiger partial charge in [0.2, 0.25) is 0 Å². The number of hydrogen-bond acceptors (Lipinski definition) is 5. The van der Waals surface area contributed by atoms with Crippen LogP contribution in [-0.4, -0.2) is 31.7 Å². The first-order chi connectivity index (χ1) is 9.42. The Labute approximate surface area is 115 Å². The molecule has 0 unspecified atom stereocenters. The Kier molecular flexibility index (Phi) is 3.69. The van der Waals surface area contributed by atoms with Crippen molar-refractivity contribution < 1.29 is 13.2 Å². The summed E-state index contributed by atoms with van der Waals surface area (Å²) in [5.41, 5.74) is 3.09. The molecule has 2 N–H and O–H groups in total. The Morgan fingerprint density at radius 1 is 1.40 bits per heavy atom. The summed E-state index contributed by atoms with van der Waals surface area (Å²) in [7, 11) is -3.89. The van der Waals surface area contributed by atoms with Gasteiger partial charge in [0.25, 0.3) is 10.0 Å². The smallest absolute Gasteiger partial charge is 0.245 e. The van der Waals surface area contributed by atoms with Gasteiger partial charge < -0.3 is 0 Å². The van der Waals surface area contributed by atoms with Gasteiger partial charge in [-0.05, 0) is 31.2 Å². The number of nitrogens with zero attached hydrogens (tertiary/aromatic N) is 3. The highest BCUT2D eigenvalue weighted by molar-refractivity contribution is 7.89. The number of hydrogen-bond donors (Lipinski definition) is 2. The van der Waals surface area contributed by atoms with Gasteiger partial charge in [-0.1, -0.05) is 0 Å². The van der Waals surface area contributed by atoms with Crippen molar-refractivity contribution in [3.8, 4) is 6.07 Å². The zero-order chi connectivity index (χ0) is 14.8. The minimum absolute atomic E-state index is 0.0375. The Morgan fingerprint density at radius 2 is 2.05 bits per heavy atom. The van der Waals surface area contributed by atoms with Crippen LogP contribution in [0.1, 0.15) is 12.5 Å². The lowest BCUT2D eigenvalue weighted by molar-refractivity contribution is 0.193. The van der Waals surface area contributed by atoms with Crippen LogP contribution in [0.2, 0.25) is 0 Å². The van der Waals surface area contributed by atoms with Crippen molar-refractivity contribution in [1.82, 2.24) is 15.3 Å². The van der Waals surface area contributed by atoms with E-state index in [4.69, 9.17) is 5.26 Å². The highest BCUT2D eigenvalue weighted by Gasteiger charge is 2.25. The number of amides is 2. The highest BCUT2D eigenvalue weighted by atomic mass is 32.2. The van der Waals surface area contributed by atoms with Crippen molar-refractivity contribution >= 4 is 21.8 Å². The van der Waals surface area contributed by atoms with Gasteiger partial charge in [-0.3, -0.25) is 0 Å². The first-order valence-electron chi connectivity index (χ1n) is 5.55. The Morgan fingerprint density at radius 3 is 2.65 bits per heavy atom. The molecule has 1 aliphatic heterocycles. The quantitative estimate of drug-likeness (QED) is 0.825. The predicted octanol–water partition coefficient (Wildman–Crippen LogP) is 0.153. The number of hydrazine groups is 1. The van der Waals surface area contributed by atoms with E-state index < -0.39 is 16.1 Å². The predicted molar refractivity (Wildman–Crippen MR) is 69.8 cm³/mol. The fourth-order valence-corrected chi connectivity index (χ4v) is 2.56. The Hall–Kier alpha value is -2.44. The third kappa shape index (κ3) is 2.93. The molecule has 1 aromatic carbocycles. The second-order valence-corrected chi connectivity index (χ2v) is 5.74. The summed E-state index contributed by atoms with van der Waals surface area (Å²) in [6.45, 7) is 1.71. The maximum Gasteiger partial charge on any atom is 0.353 e. The lowest BCUT2D eigenvalue weighted by Crippen LogP contribution is -2.54. The van der Waals surface area contributed by atoms with Crippen molar-refractivity contribution in [1.29, 1.82) is 5.26 Å². The standard InChI is InChI=1S/C11H11N5O3S/c1-8-7-16(11(17)14-13-8)15-20(18,19)10-4-2-9(6-12)3-5-10/h2-5,15H,7H2,1H3,(H,14,17). The van der Waals surface area contributed by atoms with E-state index in [0.717, 1.165) is 5.01 Å². The molecule has 0 saturated heterocycles. The molecule has 0 spiro atoms. The second-order valence-electron chi connectivity index (χ2n) is 4.08. The van der Waals surface area contributed by atoms with E-state index >= 15 is 0 Å². The summed E-state index contributed by atoms with van der Waals surface area (Å²) in [5, 5.41) is 13.3. The van der Waals surface area contributed by atoms with Gasteiger partial charge in [-0.2, -0.15) is 10.4 Å². The van der Waals surface area contributed by atoms with Crippen LogP contribution >= 0.6 is 0 Å². The molecule has 2 rings (SSSR count). The van der Waals surface area contributed by atoms with Crippen LogP contribution < -0.4 is 10.3 Å². The number of carbonyl (C=O) groups excluding carboxylic acids is 1. The monoisotopic (exact) mass is 293 g/mol. The third-order valence-corrected chi connectivity index (χ3v) is 3.85. The molecule has 0 aliphatic carbocycles. The highest BCUT2D eigenvalue weighted by Crippen LogP contribution is 2.11. The number of sulfonamides is 1. The minimum Gasteiger partial charge on any atom is -0.245 e. The normalized spacial score (nSPS) is 15.3. The van der Waals surface area contributed by atoms with Crippen LogP contribution in [0.25, 0.3) is 0 Å². The van der Waals surface area contributed by atoms with Crippen LogP contribution in [0, 0.1) is 11.3 Å². The largest absolute Gasteiger partial charge is 0.353 e. The molecule has 1 aliphatic rings. The summed E-state index contributed by atoms with van der Waals surface area (Å²) >= 11 is 0. The number of carbonyl (C=O) groups is 1. The zero-order valence-electron chi connectivity index (χ0n) is 10.5. The molecule has 20 heavy (non-hydrogen) atoms. The van der Waals surface area contributed by atoms with Crippen molar-refractivity contribution in [3.05, 3.63) is 29.8 Å². The lowest BCUT2D eigenvalue weighted by Gasteiger charge is -2.25. The number of urea groups is 1. The van der Waals surface area contributed by atoms with E-state index in [-0.39, 0.29) is 11.4 Å². The van der Waals surface area contributed by atoms with Crippen molar-refractivity contribution in [2.75, 3.05) is 6.54 Å². The van der Waals surface area contributed by atoms with Crippen molar-refractivity contribution in [3.63, 3.8) is 0 Å². The Bertz CT molecular complexity index is 703. The first-order valence-corrected chi connectivity index (χ1v) is 7.04. The van der Waals surface area contributed by atoms with Gasteiger partial charge in [0, 0.05) is 0 Å². The number of benzene rings is 1. The topological polar surface area (TPSA) is 115 Å². The molecule has 104 valence electrons. The lowest BCUT2D eigenvalue weighted by atomic mass is 10.2. The van der Waals surface area contributed by atoms with E-state index in [9.17, 15) is 13.2 Å². The molecule has 2 amide bonds. The van der Waals surface area contributed by atoms with E-state index in [1.807, 2.05) is 6.07 Å². The fraction of sp³-hybridized carbons (Fsp3) is 0.182. The fourth-order valence-electron chi connectivity index (χ4n) is 1.52. The van der Waals surface area contributed by atoms with Crippen LogP contribution in [0.15, 0.2) is 34.3 Å². The maximum atomic E-state index is 12.1. The van der Waals surface area contributed by atoms with Crippen LogP contribution in [0.4, 0.5) is 4.79 Å². The molecular formula is C11H11N5O3S. The van der Waals surface area contributed by atoms with Gasteiger partial charge >= 0.3 is 6.03 Å². The average Bonchev–Trinajstić information content (AvgIpc) is 2.43. The SMILES string of the molecule is CC1=NNC(=O)N(NS(=O)(=O)c2ccc(C#N)cc2)C1. The van der Waals surface area contributed by atoms with E-state index in [2.05, 4.69) is 15.4 Å². The first kappa shape index (κ1) is 14.0. The van der Waals surface area contributed by atoms with E-state index in [1.165, 1.54) is 24.3 Å². The molecule has 1 aromatic rings. The molecule has 0 bridgehead atoms. The summed E-state index contributed by atoms with van der Waals surface area (Å²) < 4.78 is 24.2.